The van der Waals surface area contributed by atoms with Crippen LogP contribution in [0.3, 0.4) is 0 Å². The van der Waals surface area contributed by atoms with Crippen LogP contribution < -0.4 is 0 Å². The van der Waals surface area contributed by atoms with E-state index in [0.717, 1.165) is 12.7 Å². The summed E-state index contributed by atoms with van der Waals surface area (Å²) in [6.45, 7) is 0. The summed E-state index contributed by atoms with van der Waals surface area (Å²) in [7, 11) is 0. The smallest absolute Gasteiger partial charge is 0.125 e. The highest BCUT2D eigenvalue weighted by atomic mass is 16.7. The van der Waals surface area contributed by atoms with Gasteiger partial charge in [-0.25, -0.2) is 0 Å². The van der Waals surface area contributed by atoms with E-state index in [0.29, 0.717) is 6.10 Å². The highest BCUT2D eigenvalue weighted by Crippen LogP contribution is 2.50. The monoisotopic (exact) mass is 140 g/mol. The maximum Gasteiger partial charge on any atom is 0.125 e. The topological polar surface area (TPSA) is 38.8 Å². The van der Waals surface area contributed by atoms with E-state index in [2.05, 4.69) is 0 Å². The third-order valence-corrected chi connectivity index (χ3v) is 2.68. The van der Waals surface area contributed by atoms with Crippen molar-refractivity contribution in [3.05, 3.63) is 0 Å². The number of ether oxygens (including phenoxy) is 2. The number of carbonyl (C=O) groups excluding carboxylic acids is 1. The summed E-state index contributed by atoms with van der Waals surface area (Å²) in [4.78, 5) is 10.4. The Balaban J connectivity index is 1.91. The van der Waals surface area contributed by atoms with Crippen molar-refractivity contribution in [2.24, 2.45) is 5.92 Å². The molecule has 0 aromatic carbocycles. The number of aldehydes is 1. The van der Waals surface area contributed by atoms with E-state index in [1.165, 1.54) is 0 Å². The van der Waals surface area contributed by atoms with Crippen molar-refractivity contribution in [2.45, 2.75) is 30.8 Å². The van der Waals surface area contributed by atoms with Crippen LogP contribution in [0.5, 0.6) is 0 Å². The van der Waals surface area contributed by atoms with Gasteiger partial charge in [0.05, 0.1) is 12.2 Å². The number of hydrogen-bond acceptors (Lipinski definition) is 3. The molecule has 0 aromatic rings. The second-order valence-corrected chi connectivity index (χ2v) is 3.24. The van der Waals surface area contributed by atoms with E-state index in [1.54, 1.807) is 0 Å². The number of hydrogen-bond donors (Lipinski definition) is 0. The summed E-state index contributed by atoms with van der Waals surface area (Å²) in [6, 6.07) is 0. The van der Waals surface area contributed by atoms with E-state index < -0.39 is 0 Å². The van der Waals surface area contributed by atoms with Gasteiger partial charge in [0.1, 0.15) is 18.5 Å². The van der Waals surface area contributed by atoms with Crippen LogP contribution >= 0.6 is 0 Å². The van der Waals surface area contributed by atoms with E-state index in [1.807, 2.05) is 0 Å². The van der Waals surface area contributed by atoms with Gasteiger partial charge in [-0.1, -0.05) is 0 Å². The van der Waals surface area contributed by atoms with Crippen molar-refractivity contribution >= 4 is 6.29 Å². The van der Waals surface area contributed by atoms with Crippen LogP contribution in [-0.2, 0) is 14.3 Å². The molecule has 3 heterocycles. The van der Waals surface area contributed by atoms with Crippen LogP contribution in [0.2, 0.25) is 0 Å². The number of rotatable bonds is 1. The molecular weight excluding hydrogens is 132 g/mol. The van der Waals surface area contributed by atoms with Crippen LogP contribution in [-0.4, -0.2) is 30.7 Å². The Morgan fingerprint density at radius 3 is 2.70 bits per heavy atom. The average molecular weight is 140 g/mol. The molecule has 0 amide bonds. The molecular formula is C7H8O3. The highest BCUT2D eigenvalue weighted by molar-refractivity contribution is 5.56. The molecule has 5 atom stereocenters. The molecule has 3 aliphatic heterocycles. The largest absolute Gasteiger partial charge is 0.369 e. The summed E-state index contributed by atoms with van der Waals surface area (Å²) >= 11 is 0. The first-order chi connectivity index (χ1) is 4.90. The van der Waals surface area contributed by atoms with Crippen molar-refractivity contribution < 1.29 is 14.3 Å². The van der Waals surface area contributed by atoms with Gasteiger partial charge in [-0.2, -0.15) is 0 Å². The molecule has 3 nitrogen and oxygen atoms in total. The normalized spacial score (nSPS) is 62.2. The molecule has 0 radical (unpaired) electrons. The van der Waals surface area contributed by atoms with Gasteiger partial charge < -0.3 is 14.3 Å². The van der Waals surface area contributed by atoms with Gasteiger partial charge in [-0.3, -0.25) is 0 Å². The lowest BCUT2D eigenvalue weighted by Gasteiger charge is -2.07. The zero-order valence-corrected chi connectivity index (χ0v) is 5.40. The summed E-state index contributed by atoms with van der Waals surface area (Å²) in [5, 5.41) is 0. The molecule has 3 rings (SSSR count). The van der Waals surface area contributed by atoms with Crippen LogP contribution in [0.1, 0.15) is 6.42 Å². The minimum absolute atomic E-state index is 0.104. The molecule has 5 unspecified atom stereocenters. The quantitative estimate of drug-likeness (QED) is 0.372. The summed E-state index contributed by atoms with van der Waals surface area (Å²) in [6.07, 6.45) is 2.85. The molecule has 0 N–H and O–H groups in total. The van der Waals surface area contributed by atoms with Gasteiger partial charge >= 0.3 is 0 Å². The fourth-order valence-corrected chi connectivity index (χ4v) is 2.13. The Bertz CT molecular complexity index is 191. The molecule has 0 saturated carbocycles. The van der Waals surface area contributed by atoms with Gasteiger partial charge in [0.2, 0.25) is 0 Å². The Hall–Kier alpha value is -0.410. The van der Waals surface area contributed by atoms with Gasteiger partial charge in [-0.05, 0) is 6.42 Å². The SMILES string of the molecule is O=CC1CC2OC1C1OC21. The maximum absolute atomic E-state index is 10.4. The van der Waals surface area contributed by atoms with Gasteiger partial charge in [0.15, 0.2) is 0 Å². The summed E-state index contributed by atoms with van der Waals surface area (Å²) in [5.74, 6) is 0.119. The zero-order chi connectivity index (χ0) is 6.72. The second kappa shape index (κ2) is 1.43. The fraction of sp³-hybridized carbons (Fsp3) is 0.857. The fourth-order valence-electron chi connectivity index (χ4n) is 2.13. The first-order valence-electron chi connectivity index (χ1n) is 3.66. The highest BCUT2D eigenvalue weighted by Gasteiger charge is 2.64. The van der Waals surface area contributed by atoms with Gasteiger partial charge in [0, 0.05) is 5.92 Å². The molecule has 0 spiro atoms. The summed E-state index contributed by atoms with van der Waals surface area (Å²) in [5.41, 5.74) is 0. The number of fused-ring (bicyclic) bond motifs is 5. The standard InChI is InChI=1S/C7H8O3/c8-2-3-1-4-6-7(10-6)5(3)9-4/h2-7H,1H2. The number of epoxide rings is 1. The maximum atomic E-state index is 10.4. The Kier molecular flexibility index (Phi) is 0.754. The molecule has 3 fully saturated rings. The van der Waals surface area contributed by atoms with E-state index in [4.69, 9.17) is 9.47 Å². The molecule has 10 heavy (non-hydrogen) atoms. The Morgan fingerprint density at radius 2 is 2.10 bits per heavy atom. The van der Waals surface area contributed by atoms with Crippen molar-refractivity contribution in [1.29, 1.82) is 0 Å². The second-order valence-electron chi connectivity index (χ2n) is 3.24. The molecule has 2 bridgehead atoms. The first kappa shape index (κ1) is 5.27. The Labute approximate surface area is 58.3 Å². The lowest BCUT2D eigenvalue weighted by Crippen LogP contribution is -2.24. The third kappa shape index (κ3) is 0.433. The molecule has 0 aromatic heterocycles. The molecule has 54 valence electrons. The average Bonchev–Trinajstić information content (AvgIpc) is 2.58. The van der Waals surface area contributed by atoms with Crippen LogP contribution in [0.4, 0.5) is 0 Å². The van der Waals surface area contributed by atoms with E-state index in [9.17, 15) is 4.79 Å². The predicted molar refractivity (Wildman–Crippen MR) is 31.5 cm³/mol. The van der Waals surface area contributed by atoms with Crippen LogP contribution in [0.15, 0.2) is 0 Å². The van der Waals surface area contributed by atoms with E-state index >= 15 is 0 Å². The minimum atomic E-state index is 0.104. The van der Waals surface area contributed by atoms with Crippen molar-refractivity contribution in [3.8, 4) is 0 Å². The lowest BCUT2D eigenvalue weighted by atomic mass is 9.91. The van der Waals surface area contributed by atoms with Gasteiger partial charge in [-0.15, -0.1) is 0 Å². The summed E-state index contributed by atoms with van der Waals surface area (Å²) < 4.78 is 10.8. The third-order valence-electron chi connectivity index (χ3n) is 2.68. The molecule has 0 aliphatic carbocycles. The lowest BCUT2D eigenvalue weighted by molar-refractivity contribution is -0.112. The van der Waals surface area contributed by atoms with Crippen molar-refractivity contribution in [1.82, 2.24) is 0 Å². The number of carbonyl (C=O) groups is 1. The van der Waals surface area contributed by atoms with E-state index in [-0.39, 0.29) is 24.2 Å². The van der Waals surface area contributed by atoms with Crippen molar-refractivity contribution in [3.63, 3.8) is 0 Å². The van der Waals surface area contributed by atoms with Crippen molar-refractivity contribution in [2.75, 3.05) is 0 Å². The minimum Gasteiger partial charge on any atom is -0.369 e. The van der Waals surface area contributed by atoms with Gasteiger partial charge in [0.25, 0.3) is 0 Å². The molecule has 3 aliphatic rings. The Morgan fingerprint density at radius 1 is 1.20 bits per heavy atom. The zero-order valence-electron chi connectivity index (χ0n) is 5.40. The van der Waals surface area contributed by atoms with Crippen LogP contribution in [0, 0.1) is 5.92 Å². The molecule has 3 heteroatoms. The predicted octanol–water partition coefficient (Wildman–Crippen LogP) is -0.260. The first-order valence-corrected chi connectivity index (χ1v) is 3.66. The molecule has 3 saturated heterocycles. The van der Waals surface area contributed by atoms with Crippen LogP contribution in [0.25, 0.3) is 0 Å².